The van der Waals surface area contributed by atoms with Gasteiger partial charge in [-0.05, 0) is 32.1 Å². The Bertz CT molecular complexity index is 730. The molecule has 2 aromatic rings. The van der Waals surface area contributed by atoms with Crippen LogP contribution in [0.1, 0.15) is 42.3 Å². The zero-order valence-corrected chi connectivity index (χ0v) is 14.6. The van der Waals surface area contributed by atoms with Gasteiger partial charge in [-0.1, -0.05) is 5.21 Å². The fraction of sp³-hybridized carbons (Fsp3) is 0.667. The number of anilines is 1. The number of piperazine rings is 1. The highest BCUT2D eigenvalue weighted by atomic mass is 15.4. The summed E-state index contributed by atoms with van der Waals surface area (Å²) >= 11 is 0. The lowest BCUT2D eigenvalue weighted by molar-refractivity contribution is 0.243. The van der Waals surface area contributed by atoms with Gasteiger partial charge in [0.05, 0.1) is 12.7 Å². The summed E-state index contributed by atoms with van der Waals surface area (Å²) in [5, 5.41) is 7.92. The van der Waals surface area contributed by atoms with Crippen molar-refractivity contribution in [3.63, 3.8) is 0 Å². The number of rotatable bonds is 5. The highest BCUT2D eigenvalue weighted by Crippen LogP contribution is 2.40. The summed E-state index contributed by atoms with van der Waals surface area (Å²) in [7, 11) is 0. The molecule has 3 aliphatic rings. The number of nitrogens with zero attached hydrogens (tertiary/aromatic N) is 7. The van der Waals surface area contributed by atoms with E-state index < -0.39 is 0 Å². The normalized spacial score (nSPS) is 20.9. The quantitative estimate of drug-likeness (QED) is 0.817. The Labute approximate surface area is 148 Å². The van der Waals surface area contributed by atoms with Crippen LogP contribution < -0.4 is 4.90 Å². The predicted molar refractivity (Wildman–Crippen MR) is 94.7 cm³/mol. The minimum atomic E-state index is 0.633. The van der Waals surface area contributed by atoms with Gasteiger partial charge in [-0.15, -0.1) is 5.10 Å². The van der Waals surface area contributed by atoms with E-state index in [-0.39, 0.29) is 0 Å². The molecule has 0 aromatic carbocycles. The molecule has 2 aliphatic carbocycles. The van der Waals surface area contributed by atoms with Gasteiger partial charge < -0.3 is 4.90 Å². The zero-order valence-electron chi connectivity index (χ0n) is 14.6. The van der Waals surface area contributed by atoms with E-state index in [0.29, 0.717) is 5.92 Å². The molecule has 0 radical (unpaired) electrons. The van der Waals surface area contributed by atoms with Crippen molar-refractivity contribution in [2.45, 2.75) is 44.6 Å². The third kappa shape index (κ3) is 3.13. The highest BCUT2D eigenvalue weighted by Gasteiger charge is 2.31. The number of hydrogen-bond acceptors (Lipinski definition) is 6. The molecule has 0 N–H and O–H groups in total. The molecule has 2 fully saturated rings. The van der Waals surface area contributed by atoms with Crippen LogP contribution in [-0.4, -0.2) is 62.6 Å². The van der Waals surface area contributed by atoms with Crippen LogP contribution in [0.2, 0.25) is 0 Å². The van der Waals surface area contributed by atoms with Gasteiger partial charge >= 0.3 is 0 Å². The monoisotopic (exact) mass is 339 g/mol. The Hall–Kier alpha value is -2.02. The second kappa shape index (κ2) is 6.37. The van der Waals surface area contributed by atoms with Crippen LogP contribution in [0, 0.1) is 0 Å². The highest BCUT2D eigenvalue weighted by molar-refractivity contribution is 5.52. The molecule has 7 heteroatoms. The number of aryl methyl sites for hydroxylation is 1. The maximum Gasteiger partial charge on any atom is 0.135 e. The molecular formula is C18H25N7. The minimum Gasteiger partial charge on any atom is -0.354 e. The van der Waals surface area contributed by atoms with Crippen LogP contribution in [-0.2, 0) is 19.4 Å². The van der Waals surface area contributed by atoms with E-state index in [2.05, 4.69) is 20.1 Å². The van der Waals surface area contributed by atoms with Gasteiger partial charge in [0, 0.05) is 56.1 Å². The average Bonchev–Trinajstić information content (AvgIpc) is 3.17. The van der Waals surface area contributed by atoms with Crippen LogP contribution in [0.15, 0.2) is 12.4 Å². The van der Waals surface area contributed by atoms with Gasteiger partial charge in [-0.3, -0.25) is 9.58 Å². The third-order valence-electron chi connectivity index (χ3n) is 5.66. The number of hydrogen-bond donors (Lipinski definition) is 0. The van der Waals surface area contributed by atoms with Gasteiger partial charge in [-0.25, -0.2) is 9.97 Å². The summed E-state index contributed by atoms with van der Waals surface area (Å²) in [4.78, 5) is 14.9. The molecule has 132 valence electrons. The fourth-order valence-corrected chi connectivity index (χ4v) is 4.00. The molecular weight excluding hydrogens is 314 g/mol. The van der Waals surface area contributed by atoms with Crippen LogP contribution in [0.4, 0.5) is 5.82 Å². The van der Waals surface area contributed by atoms with E-state index in [0.717, 1.165) is 57.9 Å². The average molecular weight is 339 g/mol. The van der Waals surface area contributed by atoms with Crippen molar-refractivity contribution in [3.8, 4) is 0 Å². The maximum atomic E-state index is 5.02. The van der Waals surface area contributed by atoms with Crippen LogP contribution in [0.3, 0.4) is 0 Å². The number of fused-ring (bicyclic) bond motifs is 1. The van der Waals surface area contributed by atoms with Gasteiger partial charge in [0.2, 0.25) is 0 Å². The Morgan fingerprint density at radius 3 is 2.64 bits per heavy atom. The molecule has 0 atom stereocenters. The van der Waals surface area contributed by atoms with Gasteiger partial charge in [0.25, 0.3) is 0 Å². The lowest BCUT2D eigenvalue weighted by Gasteiger charge is -2.36. The molecule has 3 heterocycles. The van der Waals surface area contributed by atoms with Crippen molar-refractivity contribution in [1.29, 1.82) is 0 Å². The second-order valence-corrected chi connectivity index (χ2v) is 7.45. The lowest BCUT2D eigenvalue weighted by atomic mass is 10.2. The first kappa shape index (κ1) is 15.3. The second-order valence-electron chi connectivity index (χ2n) is 7.45. The molecule has 0 unspecified atom stereocenters. The van der Waals surface area contributed by atoms with Crippen molar-refractivity contribution in [3.05, 3.63) is 29.5 Å². The molecule has 5 rings (SSSR count). The summed E-state index contributed by atoms with van der Waals surface area (Å²) in [5.74, 6) is 3.00. The van der Waals surface area contributed by atoms with Crippen molar-refractivity contribution in [2.75, 3.05) is 37.6 Å². The molecule has 0 bridgehead atoms. The minimum absolute atomic E-state index is 0.633. The lowest BCUT2D eigenvalue weighted by Crippen LogP contribution is -2.48. The predicted octanol–water partition coefficient (Wildman–Crippen LogP) is 1.26. The van der Waals surface area contributed by atoms with Crippen LogP contribution in [0.5, 0.6) is 0 Å². The molecule has 0 spiro atoms. The summed E-state index contributed by atoms with van der Waals surface area (Å²) < 4.78 is 1.91. The summed E-state index contributed by atoms with van der Waals surface area (Å²) in [6.45, 7) is 6.25. The molecule has 1 aliphatic heterocycles. The largest absolute Gasteiger partial charge is 0.354 e. The first-order valence-corrected chi connectivity index (χ1v) is 9.58. The van der Waals surface area contributed by atoms with Crippen molar-refractivity contribution >= 4 is 5.82 Å². The maximum absolute atomic E-state index is 5.02. The third-order valence-corrected chi connectivity index (χ3v) is 5.66. The van der Waals surface area contributed by atoms with E-state index in [4.69, 9.17) is 9.97 Å². The Morgan fingerprint density at radius 1 is 1.00 bits per heavy atom. The van der Waals surface area contributed by atoms with E-state index in [9.17, 15) is 0 Å². The summed E-state index contributed by atoms with van der Waals surface area (Å²) in [6.07, 6.45) is 9.75. The fourth-order valence-electron chi connectivity index (χ4n) is 4.00. The van der Waals surface area contributed by atoms with Crippen molar-refractivity contribution < 1.29 is 0 Å². The van der Waals surface area contributed by atoms with Crippen molar-refractivity contribution in [1.82, 2.24) is 29.9 Å². The molecule has 2 aromatic heterocycles. The van der Waals surface area contributed by atoms with Crippen molar-refractivity contribution in [2.24, 2.45) is 0 Å². The summed E-state index contributed by atoms with van der Waals surface area (Å²) in [6, 6.07) is 0. The first-order valence-electron chi connectivity index (χ1n) is 9.58. The smallest absolute Gasteiger partial charge is 0.135 e. The first-order chi connectivity index (χ1) is 12.4. The Balaban J connectivity index is 1.26. The van der Waals surface area contributed by atoms with E-state index >= 15 is 0 Å². The van der Waals surface area contributed by atoms with Crippen LogP contribution >= 0.6 is 0 Å². The van der Waals surface area contributed by atoms with Gasteiger partial charge in [-0.2, -0.15) is 0 Å². The zero-order chi connectivity index (χ0) is 16.6. The molecule has 7 nitrogen and oxygen atoms in total. The topological polar surface area (TPSA) is 63.0 Å². The SMILES string of the molecule is c1cn(CCN2CCN(c3nc(C4CC4)nc4c3CCC4)CC2)nn1. The van der Waals surface area contributed by atoms with E-state index in [1.54, 1.807) is 6.20 Å². The van der Waals surface area contributed by atoms with E-state index in [1.165, 1.54) is 36.3 Å². The van der Waals surface area contributed by atoms with Crippen LogP contribution in [0.25, 0.3) is 0 Å². The summed E-state index contributed by atoms with van der Waals surface area (Å²) in [5.41, 5.74) is 2.76. The molecule has 25 heavy (non-hydrogen) atoms. The van der Waals surface area contributed by atoms with Gasteiger partial charge in [0.15, 0.2) is 0 Å². The molecule has 1 saturated carbocycles. The molecule has 1 saturated heterocycles. The van der Waals surface area contributed by atoms with Gasteiger partial charge in [0.1, 0.15) is 11.6 Å². The Kier molecular flexibility index (Phi) is 3.88. The Morgan fingerprint density at radius 2 is 1.88 bits per heavy atom. The molecule has 0 amide bonds. The van der Waals surface area contributed by atoms with E-state index in [1.807, 2.05) is 10.9 Å². The number of aromatic nitrogens is 5. The standard InChI is InChI=1S/C18H25N7/c1-2-15-16(3-1)20-17(14-4-5-14)21-18(15)24-11-8-23(9-12-24)10-13-25-7-6-19-22-25/h6-7,14H,1-5,8-13H2.